The molecule has 2 heterocycles. The summed E-state index contributed by atoms with van der Waals surface area (Å²) in [5.41, 5.74) is 8.40. The van der Waals surface area contributed by atoms with Gasteiger partial charge < -0.3 is 20.1 Å². The highest BCUT2D eigenvalue weighted by Gasteiger charge is 2.33. The van der Waals surface area contributed by atoms with Crippen LogP contribution in [0.3, 0.4) is 0 Å². The molecule has 0 aliphatic carbocycles. The maximum atomic E-state index is 12.6. The normalized spacial score (nSPS) is 22.0. The lowest BCUT2D eigenvalue weighted by Gasteiger charge is -2.16. The number of hydrogen-bond acceptors (Lipinski definition) is 4. The van der Waals surface area contributed by atoms with Crippen LogP contribution in [0.2, 0.25) is 0 Å². The van der Waals surface area contributed by atoms with E-state index in [0.717, 1.165) is 11.3 Å². The van der Waals surface area contributed by atoms with Crippen molar-refractivity contribution in [3.8, 4) is 11.5 Å². The van der Waals surface area contributed by atoms with Crippen LogP contribution in [0.5, 0.6) is 11.5 Å². The maximum absolute atomic E-state index is 12.6. The quantitative estimate of drug-likeness (QED) is 0.937. The third-order valence-electron chi connectivity index (χ3n) is 4.74. The number of amides is 1. The molecule has 124 valence electrons. The van der Waals surface area contributed by atoms with Crippen LogP contribution in [0.4, 0.5) is 0 Å². The van der Waals surface area contributed by atoms with E-state index in [2.05, 4.69) is 12.1 Å². The molecule has 0 spiro atoms. The largest absolute Gasteiger partial charge is 0.454 e. The van der Waals surface area contributed by atoms with Gasteiger partial charge in [0.2, 0.25) is 12.7 Å². The van der Waals surface area contributed by atoms with Gasteiger partial charge in [-0.3, -0.25) is 4.79 Å². The van der Waals surface area contributed by atoms with E-state index in [-0.39, 0.29) is 24.7 Å². The summed E-state index contributed by atoms with van der Waals surface area (Å²) < 4.78 is 10.7. The number of nitrogens with zero attached hydrogens (tertiary/aromatic N) is 1. The number of nitrogens with two attached hydrogens (primary N) is 1. The number of likely N-dealkylation sites (tertiary alicyclic amines) is 1. The minimum absolute atomic E-state index is 0.0203. The van der Waals surface area contributed by atoms with Crippen LogP contribution in [0, 0.1) is 0 Å². The molecule has 5 nitrogen and oxygen atoms in total. The summed E-state index contributed by atoms with van der Waals surface area (Å²) >= 11 is 0. The van der Waals surface area contributed by atoms with Crippen molar-refractivity contribution in [2.24, 2.45) is 5.73 Å². The van der Waals surface area contributed by atoms with Gasteiger partial charge in [-0.25, -0.2) is 0 Å². The molecular weight excluding hydrogens is 304 g/mol. The summed E-state index contributed by atoms with van der Waals surface area (Å²) in [6.45, 7) is 1.52. The lowest BCUT2D eigenvalue weighted by Crippen LogP contribution is -2.33. The van der Waals surface area contributed by atoms with Gasteiger partial charge in [0.1, 0.15) is 0 Å². The Morgan fingerprint density at radius 3 is 2.71 bits per heavy atom. The molecule has 4 rings (SSSR count). The minimum atomic E-state index is -0.0203. The van der Waals surface area contributed by atoms with Crippen molar-refractivity contribution in [2.75, 3.05) is 19.9 Å². The number of fused-ring (bicyclic) bond motifs is 1. The molecular formula is C19H20N2O3. The van der Waals surface area contributed by atoms with Crippen LogP contribution in [0.25, 0.3) is 0 Å². The predicted molar refractivity (Wildman–Crippen MR) is 90.0 cm³/mol. The molecule has 0 bridgehead atoms. The molecule has 5 heteroatoms. The van der Waals surface area contributed by atoms with Gasteiger partial charge in [-0.1, -0.05) is 36.4 Å². The van der Waals surface area contributed by atoms with Crippen LogP contribution in [0.1, 0.15) is 17.0 Å². The highest BCUT2D eigenvalue weighted by atomic mass is 16.7. The number of carbonyl (C=O) groups is 1. The number of hydrogen-bond donors (Lipinski definition) is 1. The van der Waals surface area contributed by atoms with Crippen molar-refractivity contribution in [2.45, 2.75) is 18.4 Å². The fourth-order valence-electron chi connectivity index (χ4n) is 3.42. The first kappa shape index (κ1) is 15.0. The SMILES string of the molecule is N[C@@H]1CN(C(=O)Cc2ccc3c(c2)OCO3)C[C@H]1c1ccccc1. The zero-order chi connectivity index (χ0) is 16.5. The van der Waals surface area contributed by atoms with E-state index >= 15 is 0 Å². The molecule has 24 heavy (non-hydrogen) atoms. The Morgan fingerprint density at radius 1 is 1.08 bits per heavy atom. The Bertz CT molecular complexity index is 748. The number of carbonyl (C=O) groups excluding carboxylic acids is 1. The highest BCUT2D eigenvalue weighted by Crippen LogP contribution is 2.33. The molecule has 1 fully saturated rings. The summed E-state index contributed by atoms with van der Waals surface area (Å²) in [6, 6.07) is 15.8. The minimum Gasteiger partial charge on any atom is -0.454 e. The first-order valence-electron chi connectivity index (χ1n) is 8.17. The lowest BCUT2D eigenvalue weighted by molar-refractivity contribution is -0.129. The topological polar surface area (TPSA) is 64.8 Å². The summed E-state index contributed by atoms with van der Waals surface area (Å²) in [5.74, 6) is 1.74. The number of ether oxygens (including phenoxy) is 2. The van der Waals surface area contributed by atoms with Gasteiger partial charge in [0.05, 0.1) is 6.42 Å². The predicted octanol–water partition coefficient (Wildman–Crippen LogP) is 1.91. The highest BCUT2D eigenvalue weighted by molar-refractivity contribution is 5.79. The summed E-state index contributed by atoms with van der Waals surface area (Å²) in [5, 5.41) is 0. The molecule has 2 aromatic carbocycles. The Balaban J connectivity index is 1.44. The number of rotatable bonds is 3. The van der Waals surface area contributed by atoms with E-state index in [1.165, 1.54) is 5.56 Å². The maximum Gasteiger partial charge on any atom is 0.231 e. The Labute approximate surface area is 141 Å². The molecule has 2 aliphatic heterocycles. The van der Waals surface area contributed by atoms with Crippen molar-refractivity contribution < 1.29 is 14.3 Å². The van der Waals surface area contributed by atoms with Crippen molar-refractivity contribution in [1.82, 2.24) is 4.90 Å². The smallest absolute Gasteiger partial charge is 0.231 e. The van der Waals surface area contributed by atoms with Gasteiger partial charge in [-0.15, -0.1) is 0 Å². The second kappa shape index (κ2) is 6.17. The van der Waals surface area contributed by atoms with Crippen LogP contribution in [-0.4, -0.2) is 36.7 Å². The molecule has 2 N–H and O–H groups in total. The van der Waals surface area contributed by atoms with E-state index in [9.17, 15) is 4.79 Å². The van der Waals surface area contributed by atoms with Gasteiger partial charge in [0.15, 0.2) is 11.5 Å². The zero-order valence-electron chi connectivity index (χ0n) is 13.4. The molecule has 1 amide bonds. The molecule has 0 unspecified atom stereocenters. The Kier molecular flexibility index (Phi) is 3.86. The van der Waals surface area contributed by atoms with E-state index in [1.54, 1.807) is 0 Å². The molecule has 1 saturated heterocycles. The molecule has 2 aliphatic rings. The van der Waals surface area contributed by atoms with Gasteiger partial charge in [-0.2, -0.15) is 0 Å². The fraction of sp³-hybridized carbons (Fsp3) is 0.316. The molecule has 0 radical (unpaired) electrons. The van der Waals surface area contributed by atoms with Crippen LogP contribution in [0.15, 0.2) is 48.5 Å². The van der Waals surface area contributed by atoms with Gasteiger partial charge >= 0.3 is 0 Å². The second-order valence-electron chi connectivity index (χ2n) is 6.34. The Hall–Kier alpha value is -2.53. The molecule has 2 aromatic rings. The monoisotopic (exact) mass is 324 g/mol. The van der Waals surface area contributed by atoms with Crippen molar-refractivity contribution in [3.63, 3.8) is 0 Å². The third kappa shape index (κ3) is 2.83. The second-order valence-corrected chi connectivity index (χ2v) is 6.34. The molecule has 0 aromatic heterocycles. The zero-order valence-corrected chi connectivity index (χ0v) is 13.4. The van der Waals surface area contributed by atoms with Gasteiger partial charge in [-0.05, 0) is 23.3 Å². The van der Waals surface area contributed by atoms with E-state index in [0.29, 0.717) is 25.3 Å². The van der Waals surface area contributed by atoms with Crippen LogP contribution >= 0.6 is 0 Å². The first-order valence-corrected chi connectivity index (χ1v) is 8.17. The van der Waals surface area contributed by atoms with Gasteiger partial charge in [0, 0.05) is 25.0 Å². The van der Waals surface area contributed by atoms with Crippen molar-refractivity contribution >= 4 is 5.91 Å². The standard InChI is InChI=1S/C19H20N2O3/c20-16-11-21(10-15(16)14-4-2-1-3-5-14)19(22)9-13-6-7-17-18(8-13)24-12-23-17/h1-8,15-16H,9-12,20H2/t15-,16+/m0/s1. The molecule has 2 atom stereocenters. The number of benzene rings is 2. The summed E-state index contributed by atoms with van der Waals surface area (Å²) in [7, 11) is 0. The van der Waals surface area contributed by atoms with Crippen LogP contribution in [-0.2, 0) is 11.2 Å². The third-order valence-corrected chi connectivity index (χ3v) is 4.74. The average Bonchev–Trinajstić information content (AvgIpc) is 3.21. The first-order chi connectivity index (χ1) is 11.7. The van der Waals surface area contributed by atoms with E-state index in [1.807, 2.05) is 41.3 Å². The summed E-state index contributed by atoms with van der Waals surface area (Å²) in [4.78, 5) is 14.5. The van der Waals surface area contributed by atoms with Crippen molar-refractivity contribution in [3.05, 3.63) is 59.7 Å². The average molecular weight is 324 g/mol. The van der Waals surface area contributed by atoms with E-state index < -0.39 is 0 Å². The van der Waals surface area contributed by atoms with Crippen molar-refractivity contribution in [1.29, 1.82) is 0 Å². The fourth-order valence-corrected chi connectivity index (χ4v) is 3.42. The summed E-state index contributed by atoms with van der Waals surface area (Å²) in [6.07, 6.45) is 0.352. The molecule has 0 saturated carbocycles. The van der Waals surface area contributed by atoms with Crippen LogP contribution < -0.4 is 15.2 Å². The lowest BCUT2D eigenvalue weighted by atomic mass is 9.95. The van der Waals surface area contributed by atoms with E-state index in [4.69, 9.17) is 15.2 Å². The van der Waals surface area contributed by atoms with Gasteiger partial charge in [0.25, 0.3) is 0 Å². The Morgan fingerprint density at radius 2 is 1.88 bits per heavy atom.